The molecule has 72 valence electrons. The minimum absolute atomic E-state index is 0.288. The number of rotatable bonds is 1. The molecule has 0 radical (unpaired) electrons. The van der Waals surface area contributed by atoms with Crippen molar-refractivity contribution >= 4 is 43.0 Å². The van der Waals surface area contributed by atoms with Gasteiger partial charge in [0, 0.05) is 16.2 Å². The van der Waals surface area contributed by atoms with Crippen LogP contribution in [0, 0.1) is 15.9 Å². The molecule has 1 aromatic heterocycles. The monoisotopic (exact) mass is 275 g/mol. The van der Waals surface area contributed by atoms with Gasteiger partial charge in [0.1, 0.15) is 0 Å². The average molecular weight is 276 g/mol. The molecule has 0 amide bonds. The van der Waals surface area contributed by atoms with Gasteiger partial charge >= 0.3 is 5.69 Å². The van der Waals surface area contributed by atoms with Crippen molar-refractivity contribution in [3.8, 4) is 0 Å². The summed E-state index contributed by atoms with van der Waals surface area (Å²) in [6, 6.07) is 4.27. The molecule has 0 N–H and O–H groups in total. The molecule has 14 heavy (non-hydrogen) atoms. The van der Waals surface area contributed by atoms with Crippen LogP contribution >= 0.6 is 27.3 Å². The zero-order valence-electron chi connectivity index (χ0n) is 6.66. The number of fused-ring (bicyclic) bond motifs is 1. The highest BCUT2D eigenvalue weighted by Gasteiger charge is 2.17. The Labute approximate surface area is 90.4 Å². The van der Waals surface area contributed by atoms with Gasteiger partial charge in [-0.2, -0.15) is 4.39 Å². The van der Waals surface area contributed by atoms with Crippen LogP contribution < -0.4 is 0 Å². The highest BCUT2D eigenvalue weighted by molar-refractivity contribution is 9.11. The van der Waals surface area contributed by atoms with Crippen molar-refractivity contribution in [3.05, 3.63) is 37.9 Å². The zero-order valence-corrected chi connectivity index (χ0v) is 9.06. The van der Waals surface area contributed by atoms with E-state index in [0.29, 0.717) is 4.70 Å². The molecule has 1 aromatic carbocycles. The van der Waals surface area contributed by atoms with Gasteiger partial charge in [0.25, 0.3) is 0 Å². The highest BCUT2D eigenvalue weighted by atomic mass is 79.9. The summed E-state index contributed by atoms with van der Waals surface area (Å²) in [4.78, 5) is 9.71. The van der Waals surface area contributed by atoms with Crippen molar-refractivity contribution in [3.63, 3.8) is 0 Å². The first-order chi connectivity index (χ1) is 6.59. The summed E-state index contributed by atoms with van der Waals surface area (Å²) in [7, 11) is 0. The van der Waals surface area contributed by atoms with E-state index >= 15 is 0 Å². The van der Waals surface area contributed by atoms with Crippen LogP contribution in [0.25, 0.3) is 10.1 Å². The lowest BCUT2D eigenvalue weighted by Gasteiger charge is -1.94. The fourth-order valence-electron chi connectivity index (χ4n) is 1.18. The van der Waals surface area contributed by atoms with E-state index in [9.17, 15) is 14.5 Å². The molecule has 0 saturated heterocycles. The number of benzene rings is 1. The maximum Gasteiger partial charge on any atom is 0.305 e. The minimum Gasteiger partial charge on any atom is -0.258 e. The number of thiophene rings is 1. The predicted octanol–water partition coefficient (Wildman–Crippen LogP) is 3.71. The van der Waals surface area contributed by atoms with Crippen molar-refractivity contribution in [2.24, 2.45) is 0 Å². The van der Waals surface area contributed by atoms with Gasteiger partial charge in [-0.3, -0.25) is 10.1 Å². The molecule has 6 heteroatoms. The molecule has 0 atom stereocenters. The minimum atomic E-state index is -0.769. The molecular weight excluding hydrogens is 273 g/mol. The maximum absolute atomic E-state index is 13.5. The summed E-state index contributed by atoms with van der Waals surface area (Å²) in [5, 5.41) is 10.7. The topological polar surface area (TPSA) is 43.1 Å². The van der Waals surface area contributed by atoms with Crippen molar-refractivity contribution in [1.82, 2.24) is 0 Å². The Morgan fingerprint density at radius 2 is 2.21 bits per heavy atom. The van der Waals surface area contributed by atoms with Gasteiger partial charge in [-0.15, -0.1) is 11.3 Å². The number of hydrogen-bond acceptors (Lipinski definition) is 3. The number of nitro benzene ring substituents is 1. The SMILES string of the molecule is O=[N+]([O-])c1ccc2sc(Br)cc2c1F. The molecule has 0 saturated carbocycles. The zero-order chi connectivity index (χ0) is 10.3. The standard InChI is InChI=1S/C8H3BrFNO2S/c9-7-3-4-6(14-7)2-1-5(8(4)10)11(12)13/h1-3H. The van der Waals surface area contributed by atoms with Gasteiger partial charge in [-0.05, 0) is 28.1 Å². The van der Waals surface area contributed by atoms with E-state index in [-0.39, 0.29) is 5.39 Å². The van der Waals surface area contributed by atoms with Gasteiger partial charge < -0.3 is 0 Å². The van der Waals surface area contributed by atoms with Crippen LogP contribution in [-0.4, -0.2) is 4.92 Å². The fourth-order valence-corrected chi connectivity index (χ4v) is 2.71. The Balaban J connectivity index is 2.80. The first kappa shape index (κ1) is 9.54. The molecule has 0 bridgehead atoms. The number of nitrogens with zero attached hydrogens (tertiary/aromatic N) is 1. The highest BCUT2D eigenvalue weighted by Crippen LogP contribution is 2.34. The van der Waals surface area contributed by atoms with Crippen LogP contribution in [0.5, 0.6) is 0 Å². The van der Waals surface area contributed by atoms with Crippen LogP contribution in [0.2, 0.25) is 0 Å². The van der Waals surface area contributed by atoms with Crippen molar-refractivity contribution < 1.29 is 9.31 Å². The molecule has 0 unspecified atom stereocenters. The van der Waals surface area contributed by atoms with Crippen molar-refractivity contribution in [2.75, 3.05) is 0 Å². The van der Waals surface area contributed by atoms with Gasteiger partial charge in [-0.25, -0.2) is 0 Å². The van der Waals surface area contributed by atoms with Gasteiger partial charge in [0.05, 0.1) is 8.71 Å². The summed E-state index contributed by atoms with van der Waals surface area (Å²) in [5.74, 6) is -0.769. The van der Waals surface area contributed by atoms with E-state index in [4.69, 9.17) is 0 Å². The molecule has 0 spiro atoms. The molecule has 2 rings (SSSR count). The largest absolute Gasteiger partial charge is 0.305 e. The first-order valence-electron chi connectivity index (χ1n) is 3.61. The fraction of sp³-hybridized carbons (Fsp3) is 0. The number of nitro groups is 1. The Morgan fingerprint density at radius 1 is 1.50 bits per heavy atom. The maximum atomic E-state index is 13.5. The lowest BCUT2D eigenvalue weighted by atomic mass is 10.2. The molecule has 0 aliphatic rings. The smallest absolute Gasteiger partial charge is 0.258 e. The summed E-state index contributed by atoms with van der Waals surface area (Å²) >= 11 is 4.54. The van der Waals surface area contributed by atoms with Crippen LogP contribution in [-0.2, 0) is 0 Å². The Hall–Kier alpha value is -1.01. The van der Waals surface area contributed by atoms with Crippen molar-refractivity contribution in [2.45, 2.75) is 0 Å². The first-order valence-corrected chi connectivity index (χ1v) is 5.22. The second-order valence-electron chi connectivity index (χ2n) is 2.62. The average Bonchev–Trinajstić information content (AvgIpc) is 2.46. The normalized spacial score (nSPS) is 10.7. The van der Waals surface area contributed by atoms with E-state index in [1.54, 1.807) is 12.1 Å². The summed E-state index contributed by atoms with van der Waals surface area (Å²) in [5.41, 5.74) is -0.484. The van der Waals surface area contributed by atoms with Crippen LogP contribution in [0.3, 0.4) is 0 Å². The molecule has 1 heterocycles. The third kappa shape index (κ3) is 1.40. The lowest BCUT2D eigenvalue weighted by Crippen LogP contribution is -1.91. The quantitative estimate of drug-likeness (QED) is 0.588. The van der Waals surface area contributed by atoms with E-state index in [0.717, 1.165) is 3.79 Å². The van der Waals surface area contributed by atoms with E-state index in [1.165, 1.54) is 17.4 Å². The van der Waals surface area contributed by atoms with E-state index in [1.807, 2.05) is 0 Å². The third-order valence-electron chi connectivity index (χ3n) is 1.78. The van der Waals surface area contributed by atoms with Crippen LogP contribution in [0.4, 0.5) is 10.1 Å². The van der Waals surface area contributed by atoms with Gasteiger partial charge in [-0.1, -0.05) is 0 Å². The molecule has 0 aliphatic carbocycles. The predicted molar refractivity (Wildman–Crippen MR) is 56.1 cm³/mol. The Bertz CT molecular complexity index is 525. The second-order valence-corrected chi connectivity index (χ2v) is 5.08. The number of hydrogen-bond donors (Lipinski definition) is 0. The lowest BCUT2D eigenvalue weighted by molar-refractivity contribution is -0.387. The van der Waals surface area contributed by atoms with Crippen LogP contribution in [0.15, 0.2) is 22.0 Å². The van der Waals surface area contributed by atoms with Gasteiger partial charge in [0.2, 0.25) is 5.82 Å². The Morgan fingerprint density at radius 3 is 2.86 bits per heavy atom. The van der Waals surface area contributed by atoms with Crippen LogP contribution in [0.1, 0.15) is 0 Å². The third-order valence-corrected chi connectivity index (χ3v) is 3.38. The Kier molecular flexibility index (Phi) is 2.24. The molecule has 0 aliphatic heterocycles. The molecular formula is C8H3BrFNO2S. The van der Waals surface area contributed by atoms with E-state index in [2.05, 4.69) is 15.9 Å². The number of halogens is 2. The second kappa shape index (κ2) is 3.29. The summed E-state index contributed by atoms with van der Waals surface area (Å²) in [6.45, 7) is 0. The molecule has 2 aromatic rings. The van der Waals surface area contributed by atoms with E-state index < -0.39 is 16.4 Å². The van der Waals surface area contributed by atoms with Crippen molar-refractivity contribution in [1.29, 1.82) is 0 Å². The summed E-state index contributed by atoms with van der Waals surface area (Å²) < 4.78 is 14.9. The molecule has 0 fully saturated rings. The van der Waals surface area contributed by atoms with Gasteiger partial charge in [0.15, 0.2) is 0 Å². The molecule has 3 nitrogen and oxygen atoms in total. The summed E-state index contributed by atoms with van der Waals surface area (Å²) in [6.07, 6.45) is 0.